The van der Waals surface area contributed by atoms with E-state index in [2.05, 4.69) is 0 Å². The van der Waals surface area contributed by atoms with Crippen molar-refractivity contribution in [2.24, 2.45) is 0 Å². The smallest absolute Gasteiger partial charge is 0.126 e. The van der Waals surface area contributed by atoms with Crippen LogP contribution in [-0.4, -0.2) is 40.9 Å². The van der Waals surface area contributed by atoms with Crippen LogP contribution in [0.15, 0.2) is 66.7 Å². The quantitative estimate of drug-likeness (QED) is 0.178. The van der Waals surface area contributed by atoms with Gasteiger partial charge < -0.3 is 40.9 Å². The molecule has 0 radical (unpaired) electrons. The van der Waals surface area contributed by atoms with E-state index in [-0.39, 0.29) is 58.0 Å². The first-order valence-corrected chi connectivity index (χ1v) is 10.9. The largest absolute Gasteiger partial charge is 0.508 e. The Hall–Kier alpha value is -4.98. The lowest BCUT2D eigenvalue weighted by molar-refractivity contribution is 0.425. The maximum atomic E-state index is 10.9. The molecule has 0 heterocycles. The summed E-state index contributed by atoms with van der Waals surface area (Å²) in [6.45, 7) is 0. The summed E-state index contributed by atoms with van der Waals surface area (Å²) in [6.07, 6.45) is 3.16. The van der Waals surface area contributed by atoms with Crippen LogP contribution in [0, 0.1) is 0 Å². The summed E-state index contributed by atoms with van der Waals surface area (Å²) in [6, 6.07) is 14.8. The van der Waals surface area contributed by atoms with Crippen molar-refractivity contribution in [3.8, 4) is 46.0 Å². The maximum absolute atomic E-state index is 10.9. The number of hydrogen-bond acceptors (Lipinski definition) is 8. The molecule has 0 bridgehead atoms. The summed E-state index contributed by atoms with van der Waals surface area (Å²) in [7, 11) is 0. The normalized spacial score (nSPS) is 12.1. The molecule has 4 aromatic carbocycles. The molecule has 0 amide bonds. The van der Waals surface area contributed by atoms with E-state index >= 15 is 0 Å². The van der Waals surface area contributed by atoms with Gasteiger partial charge in [-0.15, -0.1) is 0 Å². The zero-order chi connectivity index (χ0) is 26.0. The molecule has 0 aliphatic carbocycles. The van der Waals surface area contributed by atoms with Crippen molar-refractivity contribution in [2.45, 2.75) is 12.3 Å². The van der Waals surface area contributed by atoms with E-state index in [1.165, 1.54) is 60.7 Å². The molecule has 1 atom stereocenters. The molecular formula is C28H24O8. The number of phenols is 8. The van der Waals surface area contributed by atoms with E-state index in [0.717, 1.165) is 6.07 Å². The predicted molar refractivity (Wildman–Crippen MR) is 134 cm³/mol. The van der Waals surface area contributed by atoms with Gasteiger partial charge in [0.1, 0.15) is 46.0 Å². The summed E-state index contributed by atoms with van der Waals surface area (Å²) < 4.78 is 0. The average Bonchev–Trinajstić information content (AvgIpc) is 2.77. The number of benzene rings is 4. The van der Waals surface area contributed by atoms with E-state index in [4.69, 9.17) is 0 Å². The molecule has 4 aromatic rings. The Morgan fingerprint density at radius 2 is 1.11 bits per heavy atom. The van der Waals surface area contributed by atoms with E-state index < -0.39 is 5.92 Å². The number of rotatable bonds is 6. The number of aromatic hydroxyl groups is 8. The van der Waals surface area contributed by atoms with Gasteiger partial charge in [0.05, 0.1) is 0 Å². The fraction of sp³-hybridized carbons (Fsp3) is 0.0714. The molecule has 0 saturated carbocycles. The molecule has 0 aliphatic rings. The lowest BCUT2D eigenvalue weighted by Crippen LogP contribution is -2.07. The first kappa shape index (κ1) is 24.2. The molecule has 0 aliphatic heterocycles. The minimum Gasteiger partial charge on any atom is -0.508 e. The first-order chi connectivity index (χ1) is 17.1. The molecule has 0 aromatic heterocycles. The van der Waals surface area contributed by atoms with Crippen LogP contribution in [0.2, 0.25) is 0 Å². The molecule has 4 rings (SSSR count). The third-order valence-electron chi connectivity index (χ3n) is 5.77. The highest BCUT2D eigenvalue weighted by molar-refractivity contribution is 5.74. The van der Waals surface area contributed by atoms with Gasteiger partial charge in [-0.25, -0.2) is 0 Å². The standard InChI is InChI=1S/C28H24O8/c29-18-4-3-17(24(33)13-18)2-1-15-10-26(35)28(27(36)11-15)23(22-6-5-19(30)14-25(22)34)9-16-7-20(31)12-21(32)8-16/h1-8,10-14,23,29-36H,9H2/b2-1+/t23-/m1/s1. The van der Waals surface area contributed by atoms with Crippen LogP contribution >= 0.6 is 0 Å². The van der Waals surface area contributed by atoms with E-state index in [9.17, 15) is 40.9 Å². The zero-order valence-electron chi connectivity index (χ0n) is 18.9. The Bertz CT molecular complexity index is 1420. The lowest BCUT2D eigenvalue weighted by Gasteiger charge is -2.22. The molecule has 36 heavy (non-hydrogen) atoms. The lowest BCUT2D eigenvalue weighted by atomic mass is 9.83. The van der Waals surface area contributed by atoms with E-state index in [1.54, 1.807) is 12.2 Å². The zero-order valence-corrected chi connectivity index (χ0v) is 18.9. The Morgan fingerprint density at radius 3 is 1.69 bits per heavy atom. The molecule has 8 N–H and O–H groups in total. The summed E-state index contributed by atoms with van der Waals surface area (Å²) in [4.78, 5) is 0. The Morgan fingerprint density at radius 1 is 0.528 bits per heavy atom. The second-order valence-corrected chi connectivity index (χ2v) is 8.41. The van der Waals surface area contributed by atoms with Crippen LogP contribution < -0.4 is 0 Å². The van der Waals surface area contributed by atoms with Gasteiger partial charge in [-0.2, -0.15) is 0 Å². The van der Waals surface area contributed by atoms with Crippen LogP contribution in [0.5, 0.6) is 46.0 Å². The van der Waals surface area contributed by atoms with Gasteiger partial charge in [0.2, 0.25) is 0 Å². The van der Waals surface area contributed by atoms with Crippen molar-refractivity contribution < 1.29 is 40.9 Å². The van der Waals surface area contributed by atoms with Crippen molar-refractivity contribution in [1.29, 1.82) is 0 Å². The van der Waals surface area contributed by atoms with Crippen molar-refractivity contribution in [3.05, 3.63) is 94.5 Å². The van der Waals surface area contributed by atoms with Gasteiger partial charge in [0.25, 0.3) is 0 Å². The second kappa shape index (κ2) is 9.71. The van der Waals surface area contributed by atoms with Gasteiger partial charge in [-0.1, -0.05) is 18.2 Å². The number of hydrogen-bond donors (Lipinski definition) is 8. The molecule has 0 saturated heterocycles. The van der Waals surface area contributed by atoms with Crippen molar-refractivity contribution >= 4 is 12.2 Å². The Balaban J connectivity index is 1.77. The molecule has 8 heteroatoms. The van der Waals surface area contributed by atoms with Gasteiger partial charge >= 0.3 is 0 Å². The van der Waals surface area contributed by atoms with Crippen LogP contribution in [-0.2, 0) is 6.42 Å². The first-order valence-electron chi connectivity index (χ1n) is 10.9. The minimum atomic E-state index is -0.828. The molecule has 184 valence electrons. The third-order valence-corrected chi connectivity index (χ3v) is 5.77. The van der Waals surface area contributed by atoms with Crippen molar-refractivity contribution in [1.82, 2.24) is 0 Å². The van der Waals surface area contributed by atoms with Crippen LogP contribution in [0.1, 0.15) is 33.7 Å². The minimum absolute atomic E-state index is 0.0674. The van der Waals surface area contributed by atoms with Crippen LogP contribution in [0.25, 0.3) is 12.2 Å². The topological polar surface area (TPSA) is 162 Å². The van der Waals surface area contributed by atoms with Crippen LogP contribution in [0.4, 0.5) is 0 Å². The van der Waals surface area contributed by atoms with Crippen molar-refractivity contribution in [2.75, 3.05) is 0 Å². The van der Waals surface area contributed by atoms with E-state index in [0.29, 0.717) is 22.3 Å². The highest BCUT2D eigenvalue weighted by Gasteiger charge is 2.26. The highest BCUT2D eigenvalue weighted by atomic mass is 16.3. The predicted octanol–water partition coefficient (Wildman–Crippen LogP) is 4.88. The Labute approximate surface area is 206 Å². The van der Waals surface area contributed by atoms with Gasteiger partial charge in [-0.3, -0.25) is 0 Å². The van der Waals surface area contributed by atoms with Crippen LogP contribution in [0.3, 0.4) is 0 Å². The third kappa shape index (κ3) is 5.23. The van der Waals surface area contributed by atoms with Gasteiger partial charge in [0.15, 0.2) is 0 Å². The highest BCUT2D eigenvalue weighted by Crippen LogP contribution is 2.44. The van der Waals surface area contributed by atoms with Crippen molar-refractivity contribution in [3.63, 3.8) is 0 Å². The summed E-state index contributed by atoms with van der Waals surface area (Å²) >= 11 is 0. The monoisotopic (exact) mass is 488 g/mol. The Kier molecular flexibility index (Phi) is 6.52. The fourth-order valence-corrected chi connectivity index (χ4v) is 4.16. The SMILES string of the molecule is Oc1cc(O)cc(C[C@H](c2ccc(O)cc2O)c2c(O)cc(/C=C/c3ccc(O)cc3O)cc2O)c1. The van der Waals surface area contributed by atoms with E-state index in [1.807, 2.05) is 0 Å². The number of phenolic OH excluding ortho intramolecular Hbond substituents is 8. The summed E-state index contributed by atoms with van der Waals surface area (Å²) in [5, 5.41) is 81.3. The summed E-state index contributed by atoms with van der Waals surface area (Å²) in [5.41, 5.74) is 1.66. The fourth-order valence-electron chi connectivity index (χ4n) is 4.16. The molecule has 0 spiro atoms. The van der Waals surface area contributed by atoms with Gasteiger partial charge in [-0.05, 0) is 60.0 Å². The van der Waals surface area contributed by atoms with Gasteiger partial charge in [0, 0.05) is 40.8 Å². The maximum Gasteiger partial charge on any atom is 0.126 e. The molecular weight excluding hydrogens is 464 g/mol. The average molecular weight is 488 g/mol. The molecule has 0 unspecified atom stereocenters. The summed E-state index contributed by atoms with van der Waals surface area (Å²) in [5.74, 6) is -2.42. The molecule has 8 nitrogen and oxygen atoms in total. The second-order valence-electron chi connectivity index (χ2n) is 8.41. The molecule has 0 fully saturated rings.